The lowest BCUT2D eigenvalue weighted by atomic mass is 9.86. The molecule has 1 aromatic heterocycles. The van der Waals surface area contributed by atoms with E-state index in [0.29, 0.717) is 18.0 Å². The molecule has 1 heterocycles. The minimum absolute atomic E-state index is 0.0356. The van der Waals surface area contributed by atoms with E-state index in [-0.39, 0.29) is 16.9 Å². The third kappa shape index (κ3) is 3.67. The molecule has 0 bridgehead atoms. The van der Waals surface area contributed by atoms with Gasteiger partial charge in [-0.05, 0) is 72.6 Å². The Bertz CT molecular complexity index is 1160. The van der Waals surface area contributed by atoms with Gasteiger partial charge in [-0.1, -0.05) is 32.9 Å². The molecule has 0 saturated heterocycles. The molecule has 0 atom stereocenters. The van der Waals surface area contributed by atoms with E-state index in [1.54, 1.807) is 15.5 Å². The number of hydrogen-bond donors (Lipinski definition) is 0. The lowest BCUT2D eigenvalue weighted by Gasteiger charge is -2.21. The minimum atomic E-state index is -0.0356. The van der Waals surface area contributed by atoms with Crippen molar-refractivity contribution >= 4 is 22.5 Å². The smallest absolute Gasteiger partial charge is 0.258 e. The molecule has 0 aliphatic heterocycles. The molecule has 0 unspecified atom stereocenters. The molecule has 156 valence electrons. The van der Waals surface area contributed by atoms with E-state index in [1.807, 2.05) is 50.4 Å². The van der Waals surface area contributed by atoms with Crippen LogP contribution in [0.15, 0.2) is 53.3 Å². The molecule has 1 saturated carbocycles. The second-order valence-electron chi connectivity index (χ2n) is 9.35. The van der Waals surface area contributed by atoms with Crippen molar-refractivity contribution in [3.05, 3.63) is 75.6 Å². The second-order valence-corrected chi connectivity index (χ2v) is 9.35. The molecule has 4 heteroatoms. The van der Waals surface area contributed by atoms with Gasteiger partial charge in [0.15, 0.2) is 0 Å². The van der Waals surface area contributed by atoms with Gasteiger partial charge < -0.3 is 9.47 Å². The number of anilines is 1. The number of pyridine rings is 1. The number of nitrogens with zero attached hydrogens (tertiary/aromatic N) is 2. The predicted octanol–water partition coefficient (Wildman–Crippen LogP) is 5.47. The van der Waals surface area contributed by atoms with Gasteiger partial charge in [0.1, 0.15) is 0 Å². The third-order valence-electron chi connectivity index (χ3n) is 6.15. The van der Waals surface area contributed by atoms with E-state index >= 15 is 0 Å². The highest BCUT2D eigenvalue weighted by molar-refractivity contribution is 6.06. The molecule has 0 N–H and O–H groups in total. The molecule has 4 rings (SSSR count). The average molecular weight is 403 g/mol. The fraction of sp³-hybridized carbons (Fsp3) is 0.385. The summed E-state index contributed by atoms with van der Waals surface area (Å²) in [5, 5.41) is 1.08. The van der Waals surface area contributed by atoms with Crippen molar-refractivity contribution in [3.63, 3.8) is 0 Å². The van der Waals surface area contributed by atoms with Crippen LogP contribution in [0.2, 0.25) is 0 Å². The van der Waals surface area contributed by atoms with E-state index in [4.69, 9.17) is 0 Å². The fourth-order valence-electron chi connectivity index (χ4n) is 4.09. The maximum atomic E-state index is 13.1. The number of benzene rings is 2. The zero-order valence-electron chi connectivity index (χ0n) is 18.5. The molecule has 3 aromatic rings. The molecule has 2 aromatic carbocycles. The molecule has 4 nitrogen and oxygen atoms in total. The van der Waals surface area contributed by atoms with Crippen molar-refractivity contribution in [2.75, 3.05) is 11.9 Å². The van der Waals surface area contributed by atoms with E-state index < -0.39 is 0 Å². The molecule has 1 amide bonds. The van der Waals surface area contributed by atoms with Crippen molar-refractivity contribution in [1.82, 2.24) is 4.57 Å². The highest BCUT2D eigenvalue weighted by atomic mass is 16.2. The van der Waals surface area contributed by atoms with Crippen molar-refractivity contribution < 1.29 is 4.79 Å². The summed E-state index contributed by atoms with van der Waals surface area (Å²) in [4.78, 5) is 27.3. The van der Waals surface area contributed by atoms with Crippen LogP contribution in [-0.4, -0.2) is 17.5 Å². The first kappa shape index (κ1) is 20.4. The summed E-state index contributed by atoms with van der Waals surface area (Å²) in [5.41, 5.74) is 4.91. The summed E-state index contributed by atoms with van der Waals surface area (Å²) < 4.78 is 1.80. The van der Waals surface area contributed by atoms with E-state index in [2.05, 4.69) is 26.8 Å². The molecular weight excluding hydrogens is 372 g/mol. The summed E-state index contributed by atoms with van der Waals surface area (Å²) in [6.45, 7) is 9.12. The van der Waals surface area contributed by atoms with Crippen LogP contribution in [0.25, 0.3) is 10.9 Å². The normalized spacial score (nSPS) is 14.2. The Morgan fingerprint density at radius 3 is 2.30 bits per heavy atom. The zero-order valence-corrected chi connectivity index (χ0v) is 18.5. The first-order chi connectivity index (χ1) is 14.2. The van der Waals surface area contributed by atoms with Crippen LogP contribution in [0.3, 0.4) is 0 Å². The molecule has 1 aliphatic carbocycles. The number of carbonyl (C=O) groups excluding carboxylic acids is 1. The number of hydrogen-bond acceptors (Lipinski definition) is 2. The monoisotopic (exact) mass is 402 g/mol. The quantitative estimate of drug-likeness (QED) is 0.580. The third-order valence-corrected chi connectivity index (χ3v) is 6.15. The molecule has 1 aliphatic rings. The summed E-state index contributed by atoms with van der Waals surface area (Å²) in [5.74, 6) is 0.430. The number of rotatable bonds is 4. The fourth-order valence-corrected chi connectivity index (χ4v) is 4.09. The van der Waals surface area contributed by atoms with Crippen LogP contribution in [0.5, 0.6) is 0 Å². The summed E-state index contributed by atoms with van der Waals surface area (Å²) in [6.07, 6.45) is 2.26. The Morgan fingerprint density at radius 2 is 1.73 bits per heavy atom. The Hall–Kier alpha value is -2.88. The van der Waals surface area contributed by atoms with Crippen LogP contribution in [0.1, 0.15) is 67.9 Å². The highest BCUT2D eigenvalue weighted by Gasteiger charge is 2.27. The van der Waals surface area contributed by atoms with Crippen LogP contribution >= 0.6 is 0 Å². The van der Waals surface area contributed by atoms with Crippen molar-refractivity contribution in [2.45, 2.75) is 58.4 Å². The van der Waals surface area contributed by atoms with Crippen LogP contribution in [-0.2, 0) is 12.0 Å². The van der Waals surface area contributed by atoms with Crippen molar-refractivity contribution in [3.8, 4) is 0 Å². The maximum absolute atomic E-state index is 13.1. The average Bonchev–Trinajstić information content (AvgIpc) is 3.56. The number of fused-ring (bicyclic) bond motifs is 1. The first-order valence-electron chi connectivity index (χ1n) is 10.8. The van der Waals surface area contributed by atoms with Gasteiger partial charge in [-0.15, -0.1) is 0 Å². The van der Waals surface area contributed by atoms with Gasteiger partial charge in [0.25, 0.3) is 11.5 Å². The second kappa shape index (κ2) is 7.42. The van der Waals surface area contributed by atoms with Gasteiger partial charge in [-0.25, -0.2) is 0 Å². The SMILES string of the molecule is CCn1c(=O)cc(C2CC2)c2cc(N(C)C(=O)c3ccc(C(C)(C)C)cc3)ccc21. The largest absolute Gasteiger partial charge is 0.311 e. The summed E-state index contributed by atoms with van der Waals surface area (Å²) in [6, 6.07) is 15.7. The van der Waals surface area contributed by atoms with Gasteiger partial charge in [-0.2, -0.15) is 0 Å². The molecular formula is C26H30N2O2. The van der Waals surface area contributed by atoms with Crippen LogP contribution < -0.4 is 10.5 Å². The lowest BCUT2D eigenvalue weighted by Crippen LogP contribution is -2.26. The number of aryl methyl sites for hydroxylation is 1. The number of amides is 1. The van der Waals surface area contributed by atoms with Gasteiger partial charge in [-0.3, -0.25) is 9.59 Å². The standard InChI is InChI=1S/C26H30N2O2/c1-6-28-23-14-13-20(15-22(23)21(16-24(28)29)17-7-8-17)27(5)25(30)18-9-11-19(12-10-18)26(2,3)4/h9-17H,6-8H2,1-5H3. The summed E-state index contributed by atoms with van der Waals surface area (Å²) >= 11 is 0. The van der Waals surface area contributed by atoms with Gasteiger partial charge >= 0.3 is 0 Å². The van der Waals surface area contributed by atoms with E-state index in [9.17, 15) is 9.59 Å². The maximum Gasteiger partial charge on any atom is 0.258 e. The topological polar surface area (TPSA) is 42.3 Å². The Labute approximate surface area is 178 Å². The predicted molar refractivity (Wildman–Crippen MR) is 124 cm³/mol. The molecule has 0 spiro atoms. The van der Waals surface area contributed by atoms with Gasteiger partial charge in [0, 0.05) is 36.3 Å². The minimum Gasteiger partial charge on any atom is -0.311 e. The van der Waals surface area contributed by atoms with Crippen molar-refractivity contribution in [1.29, 1.82) is 0 Å². The Morgan fingerprint density at radius 1 is 1.07 bits per heavy atom. The van der Waals surface area contributed by atoms with Crippen LogP contribution in [0.4, 0.5) is 5.69 Å². The number of aromatic nitrogens is 1. The number of carbonyl (C=O) groups is 1. The molecule has 30 heavy (non-hydrogen) atoms. The van der Waals surface area contributed by atoms with E-state index in [1.165, 1.54) is 5.56 Å². The Kier molecular flexibility index (Phi) is 5.05. The van der Waals surface area contributed by atoms with Crippen LogP contribution in [0, 0.1) is 0 Å². The molecule has 1 fully saturated rings. The zero-order chi connectivity index (χ0) is 21.6. The van der Waals surface area contributed by atoms with Gasteiger partial charge in [0.05, 0.1) is 5.52 Å². The summed E-state index contributed by atoms with van der Waals surface area (Å²) in [7, 11) is 1.81. The first-order valence-corrected chi connectivity index (χ1v) is 10.8. The van der Waals surface area contributed by atoms with E-state index in [0.717, 1.165) is 35.0 Å². The molecule has 0 radical (unpaired) electrons. The Balaban J connectivity index is 1.72. The highest BCUT2D eigenvalue weighted by Crippen LogP contribution is 2.43. The van der Waals surface area contributed by atoms with Crippen molar-refractivity contribution in [2.24, 2.45) is 0 Å². The van der Waals surface area contributed by atoms with Gasteiger partial charge in [0.2, 0.25) is 0 Å². The lowest BCUT2D eigenvalue weighted by molar-refractivity contribution is 0.0993.